The predicted molar refractivity (Wildman–Crippen MR) is 86.9 cm³/mol. The van der Waals surface area contributed by atoms with E-state index in [2.05, 4.69) is 28.8 Å². The maximum absolute atomic E-state index is 11.8. The summed E-state index contributed by atoms with van der Waals surface area (Å²) in [6, 6.07) is 16.5. The molecule has 0 N–H and O–H groups in total. The van der Waals surface area contributed by atoms with Crippen LogP contribution in [-0.2, 0) is 20.8 Å². The van der Waals surface area contributed by atoms with E-state index >= 15 is 0 Å². The molecule has 0 radical (unpaired) electrons. The van der Waals surface area contributed by atoms with Gasteiger partial charge >= 0.3 is 5.97 Å². The van der Waals surface area contributed by atoms with Gasteiger partial charge in [0.25, 0.3) is 0 Å². The SMILES string of the molecule is COCCOC(=O)CCn1c2ccccc2c2ccccc21. The number of fused-ring (bicyclic) bond motifs is 3. The monoisotopic (exact) mass is 297 g/mol. The number of benzene rings is 2. The highest BCUT2D eigenvalue weighted by atomic mass is 16.6. The van der Waals surface area contributed by atoms with E-state index in [9.17, 15) is 4.79 Å². The molecule has 0 bridgehead atoms. The Morgan fingerprint density at radius 1 is 0.955 bits per heavy atom. The maximum atomic E-state index is 11.8. The number of esters is 1. The second kappa shape index (κ2) is 6.62. The average Bonchev–Trinajstić information content (AvgIpc) is 2.87. The number of carbonyl (C=O) groups excluding carboxylic acids is 1. The zero-order chi connectivity index (χ0) is 15.4. The smallest absolute Gasteiger partial charge is 0.307 e. The molecule has 3 aromatic rings. The van der Waals surface area contributed by atoms with Crippen molar-refractivity contribution in [1.29, 1.82) is 0 Å². The van der Waals surface area contributed by atoms with Crippen LogP contribution in [0.25, 0.3) is 21.8 Å². The van der Waals surface area contributed by atoms with E-state index < -0.39 is 0 Å². The van der Waals surface area contributed by atoms with Gasteiger partial charge in [-0.1, -0.05) is 36.4 Å². The highest BCUT2D eigenvalue weighted by Gasteiger charge is 2.11. The highest BCUT2D eigenvalue weighted by molar-refractivity contribution is 6.07. The van der Waals surface area contributed by atoms with Gasteiger partial charge in [0.2, 0.25) is 0 Å². The molecule has 0 saturated heterocycles. The van der Waals surface area contributed by atoms with Crippen LogP contribution in [0.2, 0.25) is 0 Å². The van der Waals surface area contributed by atoms with Gasteiger partial charge in [-0.05, 0) is 12.1 Å². The van der Waals surface area contributed by atoms with E-state index in [1.165, 1.54) is 10.8 Å². The van der Waals surface area contributed by atoms with Gasteiger partial charge in [0.05, 0.1) is 13.0 Å². The highest BCUT2D eigenvalue weighted by Crippen LogP contribution is 2.28. The second-order valence-electron chi connectivity index (χ2n) is 5.15. The Kier molecular flexibility index (Phi) is 4.39. The number of aryl methyl sites for hydroxylation is 1. The van der Waals surface area contributed by atoms with Gasteiger partial charge in [0.15, 0.2) is 0 Å². The summed E-state index contributed by atoms with van der Waals surface area (Å²) in [6.45, 7) is 1.35. The topological polar surface area (TPSA) is 40.5 Å². The molecule has 0 fully saturated rings. The van der Waals surface area contributed by atoms with Crippen molar-refractivity contribution >= 4 is 27.8 Å². The van der Waals surface area contributed by atoms with Crippen LogP contribution in [0.15, 0.2) is 48.5 Å². The molecule has 0 amide bonds. The predicted octanol–water partition coefficient (Wildman–Crippen LogP) is 3.37. The first-order chi connectivity index (χ1) is 10.8. The minimum atomic E-state index is -0.195. The fourth-order valence-electron chi connectivity index (χ4n) is 2.76. The third-order valence-electron chi connectivity index (χ3n) is 3.77. The largest absolute Gasteiger partial charge is 0.463 e. The number of nitrogens with zero attached hydrogens (tertiary/aromatic N) is 1. The van der Waals surface area contributed by atoms with Crippen molar-refractivity contribution in [2.45, 2.75) is 13.0 Å². The van der Waals surface area contributed by atoms with Gasteiger partial charge in [-0.2, -0.15) is 0 Å². The van der Waals surface area contributed by atoms with Crippen molar-refractivity contribution in [3.63, 3.8) is 0 Å². The average molecular weight is 297 g/mol. The van der Waals surface area contributed by atoms with Crippen LogP contribution in [0.3, 0.4) is 0 Å². The van der Waals surface area contributed by atoms with Crippen molar-refractivity contribution in [3.8, 4) is 0 Å². The zero-order valence-corrected chi connectivity index (χ0v) is 12.6. The molecule has 0 aliphatic heterocycles. The molecule has 0 spiro atoms. The van der Waals surface area contributed by atoms with Gasteiger partial charge in [-0.3, -0.25) is 4.79 Å². The Morgan fingerprint density at radius 3 is 2.14 bits per heavy atom. The lowest BCUT2D eigenvalue weighted by molar-refractivity contribution is -0.145. The number of ether oxygens (including phenoxy) is 2. The van der Waals surface area contributed by atoms with Gasteiger partial charge in [-0.15, -0.1) is 0 Å². The molecule has 114 valence electrons. The number of hydrogen-bond donors (Lipinski definition) is 0. The molecule has 1 aromatic heterocycles. The second-order valence-corrected chi connectivity index (χ2v) is 5.15. The van der Waals surface area contributed by atoms with Crippen LogP contribution in [-0.4, -0.2) is 30.9 Å². The van der Waals surface area contributed by atoms with E-state index in [1.807, 2.05) is 24.3 Å². The van der Waals surface area contributed by atoms with Crippen LogP contribution in [0.4, 0.5) is 0 Å². The summed E-state index contributed by atoms with van der Waals surface area (Å²) in [5, 5.41) is 2.43. The molecule has 2 aromatic carbocycles. The molecule has 4 heteroatoms. The fraction of sp³-hybridized carbons (Fsp3) is 0.278. The van der Waals surface area contributed by atoms with Crippen molar-refractivity contribution in [2.24, 2.45) is 0 Å². The summed E-state index contributed by atoms with van der Waals surface area (Å²) in [4.78, 5) is 11.8. The molecule has 0 aliphatic rings. The summed E-state index contributed by atoms with van der Waals surface area (Å²) >= 11 is 0. The first-order valence-electron chi connectivity index (χ1n) is 7.42. The van der Waals surface area contributed by atoms with E-state index in [1.54, 1.807) is 7.11 Å². The number of rotatable bonds is 6. The lowest BCUT2D eigenvalue weighted by atomic mass is 10.2. The van der Waals surface area contributed by atoms with Crippen molar-refractivity contribution in [1.82, 2.24) is 4.57 Å². The normalized spacial score (nSPS) is 11.1. The summed E-state index contributed by atoms with van der Waals surface area (Å²) in [5.74, 6) is -0.195. The lowest BCUT2D eigenvalue weighted by Gasteiger charge is -2.08. The molecule has 1 heterocycles. The number of carbonyl (C=O) groups is 1. The van der Waals surface area contributed by atoms with Crippen LogP contribution in [0.5, 0.6) is 0 Å². The molecule has 0 saturated carbocycles. The van der Waals surface area contributed by atoms with Crippen LogP contribution in [0, 0.1) is 0 Å². The third kappa shape index (κ3) is 2.83. The van der Waals surface area contributed by atoms with E-state index in [4.69, 9.17) is 9.47 Å². The van der Waals surface area contributed by atoms with Crippen molar-refractivity contribution in [3.05, 3.63) is 48.5 Å². The van der Waals surface area contributed by atoms with Crippen molar-refractivity contribution in [2.75, 3.05) is 20.3 Å². The fourth-order valence-corrected chi connectivity index (χ4v) is 2.76. The van der Waals surface area contributed by atoms with Crippen molar-refractivity contribution < 1.29 is 14.3 Å². The maximum Gasteiger partial charge on any atom is 0.307 e. The summed E-state index contributed by atoms with van der Waals surface area (Å²) in [6.07, 6.45) is 0.354. The Hall–Kier alpha value is -2.33. The van der Waals surface area contributed by atoms with Crippen LogP contribution >= 0.6 is 0 Å². The Morgan fingerprint density at radius 2 is 1.55 bits per heavy atom. The summed E-state index contributed by atoms with van der Waals surface area (Å²) in [5.41, 5.74) is 2.29. The molecule has 0 aliphatic carbocycles. The van der Waals surface area contributed by atoms with Gasteiger partial charge in [-0.25, -0.2) is 0 Å². The Bertz CT molecular complexity index is 738. The molecule has 4 nitrogen and oxygen atoms in total. The van der Waals surface area contributed by atoms with E-state index in [-0.39, 0.29) is 5.97 Å². The molecule has 3 rings (SSSR count). The van der Waals surface area contributed by atoms with Gasteiger partial charge in [0, 0.05) is 35.5 Å². The molecule has 22 heavy (non-hydrogen) atoms. The number of methoxy groups -OCH3 is 1. The standard InChI is InChI=1S/C18H19NO3/c1-21-12-13-22-18(20)10-11-19-16-8-4-2-6-14(16)15-7-3-5-9-17(15)19/h2-9H,10-13H2,1H3. The zero-order valence-electron chi connectivity index (χ0n) is 12.6. The van der Waals surface area contributed by atoms with E-state index in [0.717, 1.165) is 11.0 Å². The first kappa shape index (κ1) is 14.6. The molecule has 0 unspecified atom stereocenters. The minimum absolute atomic E-state index is 0.195. The van der Waals surface area contributed by atoms with Gasteiger partial charge < -0.3 is 14.0 Å². The summed E-state index contributed by atoms with van der Waals surface area (Å²) < 4.78 is 12.2. The quantitative estimate of drug-likeness (QED) is 0.517. The lowest BCUT2D eigenvalue weighted by Crippen LogP contribution is -2.12. The minimum Gasteiger partial charge on any atom is -0.463 e. The van der Waals surface area contributed by atoms with Crippen LogP contribution < -0.4 is 0 Å². The third-order valence-corrected chi connectivity index (χ3v) is 3.77. The molecular formula is C18H19NO3. The number of aromatic nitrogens is 1. The van der Waals surface area contributed by atoms with Gasteiger partial charge in [0.1, 0.15) is 6.61 Å². The Labute approximate surface area is 129 Å². The molecule has 0 atom stereocenters. The van der Waals surface area contributed by atoms with Crippen LogP contribution in [0.1, 0.15) is 6.42 Å². The Balaban J connectivity index is 1.84. The number of hydrogen-bond acceptors (Lipinski definition) is 3. The van der Waals surface area contributed by atoms with E-state index in [0.29, 0.717) is 26.2 Å². The number of para-hydroxylation sites is 2. The molecular weight excluding hydrogens is 278 g/mol. The summed E-state index contributed by atoms with van der Waals surface area (Å²) in [7, 11) is 1.59. The first-order valence-corrected chi connectivity index (χ1v) is 7.42.